The maximum Gasteiger partial charge on any atom is 0.362 e. The molecular weight excluding hydrogens is 92.1 g/mol. The van der Waals surface area contributed by atoms with Crippen LogP contribution in [-0.4, -0.2) is 12.3 Å². The molecule has 0 unspecified atom stereocenters. The fraction of sp³-hybridized carbons (Fsp3) is 0.750. The Kier molecular flexibility index (Phi) is 2.86. The van der Waals surface area contributed by atoms with Crippen LogP contribution in [-0.2, 0) is 4.79 Å². The Hall–Kier alpha value is -0.910. The van der Waals surface area contributed by atoms with Crippen LogP contribution in [0.15, 0.2) is 0 Å². The van der Waals surface area contributed by atoms with Crippen LogP contribution in [0.1, 0.15) is 13.3 Å². The molecule has 0 aromatic rings. The second-order valence-corrected chi connectivity index (χ2v) is 1.19. The second-order valence-electron chi connectivity index (χ2n) is 1.19. The summed E-state index contributed by atoms with van der Waals surface area (Å²) in [6.07, 6.45) is 0.448. The van der Waals surface area contributed by atoms with Crippen molar-refractivity contribution in [2.75, 3.05) is 6.54 Å². The Labute approximate surface area is 42.0 Å². The van der Waals surface area contributed by atoms with Crippen molar-refractivity contribution in [3.05, 3.63) is 4.98 Å². The standard InChI is InChI=1S/C4H7N2O/c1-2-4(7)3-6-5/h2-3H2,1H3/q+1. The number of carbonyl (C=O) groups excluding carboxylic acids is 1. The number of rotatable bonds is 2. The normalized spacial score (nSPS) is 7.43. The van der Waals surface area contributed by atoms with Crippen molar-refractivity contribution in [2.45, 2.75) is 13.3 Å². The van der Waals surface area contributed by atoms with E-state index in [1.807, 2.05) is 0 Å². The molecule has 3 heteroatoms. The van der Waals surface area contributed by atoms with Crippen molar-refractivity contribution < 1.29 is 4.79 Å². The average Bonchev–Trinajstić information content (AvgIpc) is 1.68. The molecule has 0 aliphatic carbocycles. The van der Waals surface area contributed by atoms with Crippen molar-refractivity contribution in [2.24, 2.45) is 0 Å². The van der Waals surface area contributed by atoms with E-state index in [9.17, 15) is 4.79 Å². The first-order chi connectivity index (χ1) is 3.31. The Morgan fingerprint density at radius 2 is 2.43 bits per heavy atom. The third-order valence-corrected chi connectivity index (χ3v) is 0.641. The number of carbonyl (C=O) groups is 1. The summed E-state index contributed by atoms with van der Waals surface area (Å²) >= 11 is 0. The van der Waals surface area contributed by atoms with Gasteiger partial charge in [-0.15, -0.1) is 0 Å². The summed E-state index contributed by atoms with van der Waals surface area (Å²) in [6, 6.07) is 0. The molecule has 0 bridgehead atoms. The van der Waals surface area contributed by atoms with Crippen molar-refractivity contribution in [1.29, 1.82) is 5.39 Å². The molecule has 0 atom stereocenters. The highest BCUT2D eigenvalue weighted by Crippen LogP contribution is 1.78. The van der Waals surface area contributed by atoms with Crippen molar-refractivity contribution in [1.82, 2.24) is 0 Å². The highest BCUT2D eigenvalue weighted by Gasteiger charge is 2.02. The van der Waals surface area contributed by atoms with E-state index in [4.69, 9.17) is 5.39 Å². The summed E-state index contributed by atoms with van der Waals surface area (Å²) in [7, 11) is 0. The molecule has 0 saturated heterocycles. The number of Topliss-reactive ketones (excluding diaryl/α,β-unsaturated/α-hetero) is 1. The van der Waals surface area contributed by atoms with Gasteiger partial charge < -0.3 is 0 Å². The van der Waals surface area contributed by atoms with Gasteiger partial charge in [0, 0.05) is 6.42 Å². The highest BCUT2D eigenvalue weighted by atomic mass is 16.1. The van der Waals surface area contributed by atoms with Crippen LogP contribution in [0.3, 0.4) is 0 Å². The minimum atomic E-state index is -0.0590. The number of ketones is 1. The molecule has 0 heterocycles. The van der Waals surface area contributed by atoms with Crippen LogP contribution >= 0.6 is 0 Å². The second kappa shape index (κ2) is 3.29. The predicted octanol–water partition coefficient (Wildman–Crippen LogP) is 0.819. The van der Waals surface area contributed by atoms with Gasteiger partial charge in [-0.2, -0.15) is 0 Å². The SMILES string of the molecule is CCC(=O)C[N+]#N. The van der Waals surface area contributed by atoms with Crippen LogP contribution < -0.4 is 0 Å². The van der Waals surface area contributed by atoms with Gasteiger partial charge >= 0.3 is 6.54 Å². The van der Waals surface area contributed by atoms with Crippen LogP contribution in [0.25, 0.3) is 4.98 Å². The number of diazo groups is 1. The lowest BCUT2D eigenvalue weighted by Crippen LogP contribution is -1.96. The molecule has 0 aromatic carbocycles. The average molecular weight is 99.1 g/mol. The number of hydrogen-bond donors (Lipinski definition) is 0. The monoisotopic (exact) mass is 99.1 g/mol. The fourth-order valence-corrected chi connectivity index (χ4v) is 0.191. The minimum Gasteiger partial charge on any atom is -0.291 e. The molecule has 0 aromatic heterocycles. The largest absolute Gasteiger partial charge is 0.362 e. The summed E-state index contributed by atoms with van der Waals surface area (Å²) in [5.74, 6) is -0.0394. The molecule has 0 saturated carbocycles. The molecule has 0 aliphatic rings. The van der Waals surface area contributed by atoms with Crippen LogP contribution in [0.4, 0.5) is 0 Å². The fourth-order valence-electron chi connectivity index (χ4n) is 0.191. The summed E-state index contributed by atoms with van der Waals surface area (Å²) in [5.41, 5.74) is 0. The van der Waals surface area contributed by atoms with Crippen LogP contribution in [0.2, 0.25) is 0 Å². The summed E-state index contributed by atoms with van der Waals surface area (Å²) in [4.78, 5) is 12.8. The molecule has 0 spiro atoms. The maximum atomic E-state index is 10.2. The van der Waals surface area contributed by atoms with E-state index in [0.29, 0.717) is 6.42 Å². The first-order valence-electron chi connectivity index (χ1n) is 2.13. The van der Waals surface area contributed by atoms with Crippen molar-refractivity contribution in [3.63, 3.8) is 0 Å². The molecule has 7 heavy (non-hydrogen) atoms. The number of nitrogens with zero attached hydrogens (tertiary/aromatic N) is 2. The third kappa shape index (κ3) is 2.91. The Morgan fingerprint density at radius 1 is 1.86 bits per heavy atom. The van der Waals surface area contributed by atoms with E-state index in [-0.39, 0.29) is 12.3 Å². The lowest BCUT2D eigenvalue weighted by atomic mass is 10.3. The zero-order valence-electron chi connectivity index (χ0n) is 4.22. The molecule has 0 fully saturated rings. The van der Waals surface area contributed by atoms with Crippen molar-refractivity contribution >= 4 is 5.78 Å². The molecule has 0 amide bonds. The van der Waals surface area contributed by atoms with E-state index < -0.39 is 0 Å². The van der Waals surface area contributed by atoms with Gasteiger partial charge in [-0.25, -0.2) is 0 Å². The molecule has 0 aliphatic heterocycles. The van der Waals surface area contributed by atoms with Gasteiger partial charge in [-0.05, 0) is 0 Å². The first kappa shape index (κ1) is 6.09. The van der Waals surface area contributed by atoms with Gasteiger partial charge in [0.25, 0.3) is 0 Å². The van der Waals surface area contributed by atoms with Crippen LogP contribution in [0, 0.1) is 5.39 Å². The van der Waals surface area contributed by atoms with Crippen molar-refractivity contribution in [3.8, 4) is 0 Å². The van der Waals surface area contributed by atoms with Gasteiger partial charge in [0.2, 0.25) is 11.2 Å². The predicted molar refractivity (Wildman–Crippen MR) is 25.2 cm³/mol. The van der Waals surface area contributed by atoms with E-state index in [1.165, 1.54) is 0 Å². The molecular formula is C4H7N2O+. The Bertz CT molecular complexity index is 103. The quantitative estimate of drug-likeness (QED) is 0.481. The van der Waals surface area contributed by atoms with Gasteiger partial charge in [0.1, 0.15) is 4.98 Å². The highest BCUT2D eigenvalue weighted by molar-refractivity contribution is 5.81. The Balaban J connectivity index is 3.23. The summed E-state index contributed by atoms with van der Waals surface area (Å²) in [6.45, 7) is 1.67. The van der Waals surface area contributed by atoms with Gasteiger partial charge in [0.05, 0.1) is 0 Å². The zero-order chi connectivity index (χ0) is 5.70. The molecule has 38 valence electrons. The van der Waals surface area contributed by atoms with E-state index in [2.05, 4.69) is 4.98 Å². The number of hydrogen-bond acceptors (Lipinski definition) is 2. The molecule has 0 radical (unpaired) electrons. The maximum absolute atomic E-state index is 10.2. The summed E-state index contributed by atoms with van der Waals surface area (Å²) < 4.78 is 0. The molecule has 0 N–H and O–H groups in total. The first-order valence-corrected chi connectivity index (χ1v) is 2.13. The lowest BCUT2D eigenvalue weighted by Gasteiger charge is -1.71. The van der Waals surface area contributed by atoms with Gasteiger partial charge in [-0.3, -0.25) is 4.79 Å². The summed E-state index contributed by atoms with van der Waals surface area (Å²) in [5, 5.41) is 7.77. The van der Waals surface area contributed by atoms with E-state index in [1.54, 1.807) is 6.92 Å². The third-order valence-electron chi connectivity index (χ3n) is 0.641. The van der Waals surface area contributed by atoms with Crippen LogP contribution in [0.5, 0.6) is 0 Å². The van der Waals surface area contributed by atoms with E-state index >= 15 is 0 Å². The minimum absolute atomic E-state index is 0.0394. The van der Waals surface area contributed by atoms with E-state index in [0.717, 1.165) is 0 Å². The van der Waals surface area contributed by atoms with Gasteiger partial charge in [-0.1, -0.05) is 6.92 Å². The smallest absolute Gasteiger partial charge is 0.291 e. The zero-order valence-corrected chi connectivity index (χ0v) is 4.22. The Morgan fingerprint density at radius 3 is 2.57 bits per heavy atom. The van der Waals surface area contributed by atoms with Gasteiger partial charge in [0.15, 0.2) is 0 Å². The topological polar surface area (TPSA) is 45.2 Å². The molecule has 0 rings (SSSR count). The molecule has 3 nitrogen and oxygen atoms in total. The lowest BCUT2D eigenvalue weighted by molar-refractivity contribution is -0.116.